The summed E-state index contributed by atoms with van der Waals surface area (Å²) in [5, 5.41) is 5.89. The Morgan fingerprint density at radius 3 is 2.24 bits per heavy atom. The number of benzene rings is 1. The first-order chi connectivity index (χ1) is 12.1. The van der Waals surface area contributed by atoms with Crippen LogP contribution in [0.4, 0.5) is 5.69 Å². The van der Waals surface area contributed by atoms with E-state index < -0.39 is 5.97 Å². The number of rotatable bonds is 5. The standard InChI is InChI=1S/C19H24N2O4/c1-25-19(24)12-7-9-14(10-8-12)21-18(23)16-11-15(16)17(22)20-13-5-3-2-4-6-13/h7-10,13,15-16H,2-6,11H2,1H3,(H,20,22)(H,21,23). The lowest BCUT2D eigenvalue weighted by atomic mass is 9.95. The quantitative estimate of drug-likeness (QED) is 0.804. The van der Waals surface area contributed by atoms with Crippen LogP contribution in [0.1, 0.15) is 48.9 Å². The van der Waals surface area contributed by atoms with Gasteiger partial charge in [0.1, 0.15) is 0 Å². The summed E-state index contributed by atoms with van der Waals surface area (Å²) in [4.78, 5) is 35.9. The van der Waals surface area contributed by atoms with Gasteiger partial charge in [0.05, 0.1) is 24.5 Å². The maximum atomic E-state index is 12.3. The van der Waals surface area contributed by atoms with Crippen LogP contribution in [0, 0.1) is 11.8 Å². The molecule has 0 spiro atoms. The van der Waals surface area contributed by atoms with Gasteiger partial charge in [0.2, 0.25) is 11.8 Å². The maximum Gasteiger partial charge on any atom is 0.337 e. The van der Waals surface area contributed by atoms with Gasteiger partial charge in [-0.1, -0.05) is 19.3 Å². The van der Waals surface area contributed by atoms with E-state index in [0.29, 0.717) is 17.7 Å². The molecule has 0 radical (unpaired) electrons. The van der Waals surface area contributed by atoms with Crippen LogP contribution in [0.5, 0.6) is 0 Å². The molecule has 2 amide bonds. The van der Waals surface area contributed by atoms with Crippen molar-refractivity contribution in [2.45, 2.75) is 44.6 Å². The van der Waals surface area contributed by atoms with Crippen molar-refractivity contribution in [1.29, 1.82) is 0 Å². The summed E-state index contributed by atoms with van der Waals surface area (Å²) < 4.78 is 4.64. The summed E-state index contributed by atoms with van der Waals surface area (Å²) in [6.07, 6.45) is 6.27. The predicted molar refractivity (Wildman–Crippen MR) is 93.0 cm³/mol. The first kappa shape index (κ1) is 17.5. The van der Waals surface area contributed by atoms with E-state index in [2.05, 4.69) is 15.4 Å². The monoisotopic (exact) mass is 344 g/mol. The SMILES string of the molecule is COC(=O)c1ccc(NC(=O)C2CC2C(=O)NC2CCCCC2)cc1. The van der Waals surface area contributed by atoms with Crippen LogP contribution >= 0.6 is 0 Å². The summed E-state index contributed by atoms with van der Waals surface area (Å²) in [6.45, 7) is 0. The lowest BCUT2D eigenvalue weighted by Crippen LogP contribution is -2.37. The summed E-state index contributed by atoms with van der Waals surface area (Å²) in [7, 11) is 1.32. The number of nitrogens with one attached hydrogen (secondary N) is 2. The van der Waals surface area contributed by atoms with E-state index in [1.165, 1.54) is 26.4 Å². The van der Waals surface area contributed by atoms with Crippen LogP contribution in [0.25, 0.3) is 0 Å². The van der Waals surface area contributed by atoms with E-state index in [4.69, 9.17) is 0 Å². The molecular weight excluding hydrogens is 320 g/mol. The molecule has 2 atom stereocenters. The van der Waals surface area contributed by atoms with Gasteiger partial charge in [-0.25, -0.2) is 4.79 Å². The Balaban J connectivity index is 1.48. The molecule has 6 heteroatoms. The van der Waals surface area contributed by atoms with Crippen LogP contribution in [0.15, 0.2) is 24.3 Å². The Labute approximate surface area is 147 Å². The Morgan fingerprint density at radius 2 is 1.60 bits per heavy atom. The maximum absolute atomic E-state index is 12.3. The zero-order valence-electron chi connectivity index (χ0n) is 14.4. The van der Waals surface area contributed by atoms with Crippen LogP contribution in [0.3, 0.4) is 0 Å². The van der Waals surface area contributed by atoms with E-state index in [9.17, 15) is 14.4 Å². The summed E-state index contributed by atoms with van der Waals surface area (Å²) in [5.74, 6) is -1.03. The van der Waals surface area contributed by atoms with Gasteiger partial charge in [-0.3, -0.25) is 9.59 Å². The predicted octanol–water partition coefficient (Wildman–Crippen LogP) is 2.50. The Bertz CT molecular complexity index is 650. The van der Waals surface area contributed by atoms with E-state index in [1.807, 2.05) is 0 Å². The third-order valence-corrected chi connectivity index (χ3v) is 4.99. The molecule has 2 saturated carbocycles. The van der Waals surface area contributed by atoms with Crippen molar-refractivity contribution < 1.29 is 19.1 Å². The molecule has 0 aromatic heterocycles. The van der Waals surface area contributed by atoms with Crippen molar-refractivity contribution in [1.82, 2.24) is 5.32 Å². The van der Waals surface area contributed by atoms with Gasteiger partial charge in [-0.15, -0.1) is 0 Å². The normalized spacial score (nSPS) is 22.8. The number of hydrogen-bond acceptors (Lipinski definition) is 4. The Hall–Kier alpha value is -2.37. The number of carbonyl (C=O) groups is 3. The average molecular weight is 344 g/mol. The number of esters is 1. The second-order valence-corrected chi connectivity index (χ2v) is 6.85. The van der Waals surface area contributed by atoms with Crippen LogP contribution in [-0.4, -0.2) is 30.9 Å². The van der Waals surface area contributed by atoms with E-state index in [1.54, 1.807) is 24.3 Å². The topological polar surface area (TPSA) is 84.5 Å². The number of ether oxygens (including phenoxy) is 1. The molecule has 3 rings (SSSR count). The minimum absolute atomic E-state index is 0.00749. The number of hydrogen-bond donors (Lipinski definition) is 2. The molecule has 2 fully saturated rings. The molecule has 2 aliphatic carbocycles. The van der Waals surface area contributed by atoms with Gasteiger partial charge < -0.3 is 15.4 Å². The van der Waals surface area contributed by atoms with Gasteiger partial charge in [0, 0.05) is 11.7 Å². The number of methoxy groups -OCH3 is 1. The molecule has 2 N–H and O–H groups in total. The van der Waals surface area contributed by atoms with Crippen LogP contribution in [0.2, 0.25) is 0 Å². The molecule has 0 saturated heterocycles. The van der Waals surface area contributed by atoms with E-state index in [0.717, 1.165) is 12.8 Å². The fraction of sp³-hybridized carbons (Fsp3) is 0.526. The number of carbonyl (C=O) groups excluding carboxylic acids is 3. The second kappa shape index (κ2) is 7.68. The first-order valence-electron chi connectivity index (χ1n) is 8.88. The number of anilines is 1. The van der Waals surface area contributed by atoms with Crippen molar-refractivity contribution in [3.05, 3.63) is 29.8 Å². The third-order valence-electron chi connectivity index (χ3n) is 4.99. The summed E-state index contributed by atoms with van der Waals surface area (Å²) >= 11 is 0. The van der Waals surface area contributed by atoms with Gasteiger partial charge in [0.25, 0.3) is 0 Å². The van der Waals surface area contributed by atoms with Gasteiger partial charge >= 0.3 is 5.97 Å². The smallest absolute Gasteiger partial charge is 0.337 e. The van der Waals surface area contributed by atoms with Crippen molar-refractivity contribution in [2.24, 2.45) is 11.8 Å². The van der Waals surface area contributed by atoms with Crippen LogP contribution < -0.4 is 10.6 Å². The van der Waals surface area contributed by atoms with Crippen LogP contribution in [-0.2, 0) is 14.3 Å². The zero-order valence-corrected chi connectivity index (χ0v) is 14.4. The molecule has 0 heterocycles. The molecule has 134 valence electrons. The molecular formula is C19H24N2O4. The Morgan fingerprint density at radius 1 is 0.960 bits per heavy atom. The van der Waals surface area contributed by atoms with Crippen molar-refractivity contribution in [2.75, 3.05) is 12.4 Å². The largest absolute Gasteiger partial charge is 0.465 e. The van der Waals surface area contributed by atoms with Gasteiger partial charge in [-0.05, 0) is 43.5 Å². The highest BCUT2D eigenvalue weighted by atomic mass is 16.5. The van der Waals surface area contributed by atoms with Crippen molar-refractivity contribution >= 4 is 23.5 Å². The van der Waals surface area contributed by atoms with Gasteiger partial charge in [-0.2, -0.15) is 0 Å². The van der Waals surface area contributed by atoms with E-state index in [-0.39, 0.29) is 29.7 Å². The highest BCUT2D eigenvalue weighted by molar-refractivity contribution is 6.00. The molecule has 1 aromatic carbocycles. The average Bonchev–Trinajstić information content (AvgIpc) is 3.43. The van der Waals surface area contributed by atoms with E-state index >= 15 is 0 Å². The highest BCUT2D eigenvalue weighted by Gasteiger charge is 2.48. The molecule has 1 aromatic rings. The zero-order chi connectivity index (χ0) is 17.8. The van der Waals surface area contributed by atoms with Crippen molar-refractivity contribution in [3.8, 4) is 0 Å². The highest BCUT2D eigenvalue weighted by Crippen LogP contribution is 2.40. The fourth-order valence-electron chi connectivity index (χ4n) is 3.37. The molecule has 6 nitrogen and oxygen atoms in total. The molecule has 2 aliphatic rings. The fourth-order valence-corrected chi connectivity index (χ4v) is 3.37. The molecule has 2 unspecified atom stereocenters. The lowest BCUT2D eigenvalue weighted by molar-refractivity contribution is -0.126. The minimum atomic E-state index is -0.417. The van der Waals surface area contributed by atoms with Crippen molar-refractivity contribution in [3.63, 3.8) is 0 Å². The minimum Gasteiger partial charge on any atom is -0.465 e. The molecule has 25 heavy (non-hydrogen) atoms. The number of amides is 2. The first-order valence-corrected chi connectivity index (χ1v) is 8.88. The second-order valence-electron chi connectivity index (χ2n) is 6.85. The Kier molecular flexibility index (Phi) is 5.36. The lowest BCUT2D eigenvalue weighted by Gasteiger charge is -2.22. The molecule has 0 aliphatic heterocycles. The van der Waals surface area contributed by atoms with Gasteiger partial charge in [0.15, 0.2) is 0 Å². The summed E-state index contributed by atoms with van der Waals surface area (Å²) in [6, 6.07) is 6.78. The summed E-state index contributed by atoms with van der Waals surface area (Å²) in [5.41, 5.74) is 1.03. The molecule has 0 bridgehead atoms. The third kappa shape index (κ3) is 4.38.